The summed E-state index contributed by atoms with van der Waals surface area (Å²) in [6.45, 7) is 3.11. The van der Waals surface area contributed by atoms with Crippen LogP contribution in [0.25, 0.3) is 10.8 Å². The van der Waals surface area contributed by atoms with Crippen molar-refractivity contribution in [2.24, 2.45) is 0 Å². The zero-order valence-corrected chi connectivity index (χ0v) is 16.7. The molecule has 152 valence electrons. The van der Waals surface area contributed by atoms with Gasteiger partial charge in [-0.3, -0.25) is 4.90 Å². The number of methoxy groups -OCH3 is 1. The van der Waals surface area contributed by atoms with Gasteiger partial charge in [-0.25, -0.2) is 0 Å². The quantitative estimate of drug-likeness (QED) is 0.732. The number of ether oxygens (including phenoxy) is 1. The fourth-order valence-electron chi connectivity index (χ4n) is 3.59. The monoisotopic (exact) mass is 424 g/mol. The van der Waals surface area contributed by atoms with E-state index >= 15 is 0 Å². The van der Waals surface area contributed by atoms with Crippen LogP contribution in [-0.4, -0.2) is 44.4 Å². The molecule has 0 spiro atoms. The molecule has 0 aliphatic carbocycles. The lowest BCUT2D eigenvalue weighted by atomic mass is 9.93. The number of hydrogen-bond acceptors (Lipinski definition) is 3. The van der Waals surface area contributed by atoms with E-state index in [1.54, 1.807) is 7.11 Å². The predicted octanol–water partition coefficient (Wildman–Crippen LogP) is 4.98. The molecule has 3 rings (SSSR count). The highest BCUT2D eigenvalue weighted by Crippen LogP contribution is 2.37. The second-order valence-electron chi connectivity index (χ2n) is 6.36. The summed E-state index contributed by atoms with van der Waals surface area (Å²) in [5, 5.41) is 5.17. The Hall–Kier alpha value is -1.21. The van der Waals surface area contributed by atoms with Gasteiger partial charge >= 0.3 is 6.18 Å². The first-order valence-corrected chi connectivity index (χ1v) is 8.57. The van der Waals surface area contributed by atoms with Crippen molar-refractivity contribution >= 4 is 35.6 Å². The Morgan fingerprint density at radius 3 is 2.26 bits per heavy atom. The Labute approximate surface area is 170 Å². The number of nitrogens with zero attached hydrogens (tertiary/aromatic N) is 1. The molecule has 0 saturated carbocycles. The van der Waals surface area contributed by atoms with Crippen LogP contribution in [0.4, 0.5) is 13.2 Å². The lowest BCUT2D eigenvalue weighted by Gasteiger charge is -2.36. The number of halogens is 5. The average molecular weight is 425 g/mol. The molecule has 1 heterocycles. The van der Waals surface area contributed by atoms with Gasteiger partial charge < -0.3 is 10.1 Å². The number of nitrogens with one attached hydrogen (secondary N) is 1. The van der Waals surface area contributed by atoms with Crippen LogP contribution in [0.2, 0.25) is 0 Å². The Kier molecular flexibility index (Phi) is 9.15. The summed E-state index contributed by atoms with van der Waals surface area (Å²) < 4.78 is 44.1. The minimum absolute atomic E-state index is 0. The Morgan fingerprint density at radius 1 is 1.04 bits per heavy atom. The maximum atomic E-state index is 12.9. The van der Waals surface area contributed by atoms with E-state index in [1.807, 2.05) is 36.4 Å². The third-order valence-corrected chi connectivity index (χ3v) is 4.79. The summed E-state index contributed by atoms with van der Waals surface area (Å²) in [6, 6.07) is 11.3. The summed E-state index contributed by atoms with van der Waals surface area (Å²) in [5.41, 5.74) is 0.947. The summed E-state index contributed by atoms with van der Waals surface area (Å²) in [5.74, 6) is 0.745. The number of alkyl halides is 3. The molecule has 0 amide bonds. The highest BCUT2D eigenvalue weighted by Gasteiger charge is 2.32. The van der Waals surface area contributed by atoms with Gasteiger partial charge in [-0.15, -0.1) is 24.8 Å². The van der Waals surface area contributed by atoms with E-state index in [0.29, 0.717) is 0 Å². The lowest BCUT2D eigenvalue weighted by molar-refractivity contribution is -0.138. The van der Waals surface area contributed by atoms with Gasteiger partial charge in [-0.1, -0.05) is 30.3 Å². The normalized spacial score (nSPS) is 16.3. The highest BCUT2D eigenvalue weighted by atomic mass is 35.5. The Bertz CT molecular complexity index is 722. The lowest BCUT2D eigenvalue weighted by Crippen LogP contribution is -2.45. The van der Waals surface area contributed by atoms with Crippen molar-refractivity contribution in [1.29, 1.82) is 0 Å². The molecule has 1 saturated heterocycles. The number of rotatable bonds is 5. The van der Waals surface area contributed by atoms with Crippen molar-refractivity contribution < 1.29 is 17.9 Å². The second-order valence-corrected chi connectivity index (χ2v) is 6.36. The summed E-state index contributed by atoms with van der Waals surface area (Å²) in [7, 11) is 1.61. The Morgan fingerprint density at radius 2 is 1.67 bits per heavy atom. The molecule has 0 radical (unpaired) electrons. The van der Waals surface area contributed by atoms with E-state index in [1.165, 1.54) is 0 Å². The minimum atomic E-state index is -4.14. The molecule has 27 heavy (non-hydrogen) atoms. The first-order chi connectivity index (χ1) is 12.0. The van der Waals surface area contributed by atoms with E-state index < -0.39 is 12.6 Å². The molecule has 1 fully saturated rings. The van der Waals surface area contributed by atoms with E-state index in [2.05, 4.69) is 10.2 Å². The molecule has 3 nitrogen and oxygen atoms in total. The van der Waals surface area contributed by atoms with E-state index in [4.69, 9.17) is 4.74 Å². The van der Waals surface area contributed by atoms with Crippen LogP contribution in [0, 0.1) is 0 Å². The van der Waals surface area contributed by atoms with Crippen molar-refractivity contribution in [2.75, 3.05) is 33.3 Å². The van der Waals surface area contributed by atoms with Crippen LogP contribution in [0.5, 0.6) is 5.75 Å². The van der Waals surface area contributed by atoms with Crippen molar-refractivity contribution in [3.05, 3.63) is 42.0 Å². The van der Waals surface area contributed by atoms with Crippen LogP contribution in [0.15, 0.2) is 36.4 Å². The molecule has 1 atom stereocenters. The van der Waals surface area contributed by atoms with E-state index in [-0.39, 0.29) is 37.3 Å². The van der Waals surface area contributed by atoms with Gasteiger partial charge in [0, 0.05) is 44.0 Å². The van der Waals surface area contributed by atoms with Crippen LogP contribution in [-0.2, 0) is 0 Å². The molecule has 0 bridgehead atoms. The highest BCUT2D eigenvalue weighted by molar-refractivity contribution is 5.91. The van der Waals surface area contributed by atoms with E-state index in [0.717, 1.165) is 48.3 Å². The zero-order valence-electron chi connectivity index (χ0n) is 15.1. The van der Waals surface area contributed by atoms with Gasteiger partial charge in [0.15, 0.2) is 0 Å². The topological polar surface area (TPSA) is 24.5 Å². The summed E-state index contributed by atoms with van der Waals surface area (Å²) >= 11 is 0. The molecule has 1 aliphatic rings. The third kappa shape index (κ3) is 5.88. The minimum Gasteiger partial charge on any atom is -0.496 e. The first kappa shape index (κ1) is 23.8. The average Bonchev–Trinajstić information content (AvgIpc) is 2.62. The molecule has 1 aliphatic heterocycles. The van der Waals surface area contributed by atoms with Gasteiger partial charge in [-0.2, -0.15) is 13.2 Å². The maximum absolute atomic E-state index is 12.9. The second kappa shape index (κ2) is 10.4. The first-order valence-electron chi connectivity index (χ1n) is 8.57. The fraction of sp³-hybridized carbons (Fsp3) is 0.474. The maximum Gasteiger partial charge on any atom is 0.389 e. The van der Waals surface area contributed by atoms with Crippen molar-refractivity contribution in [3.63, 3.8) is 0 Å². The third-order valence-electron chi connectivity index (χ3n) is 4.79. The Balaban J connectivity index is 0.00000182. The number of fused-ring (bicyclic) bond motifs is 1. The number of benzene rings is 2. The number of hydrogen-bond donors (Lipinski definition) is 1. The number of piperazine rings is 1. The van der Waals surface area contributed by atoms with Crippen molar-refractivity contribution in [2.45, 2.75) is 25.1 Å². The van der Waals surface area contributed by atoms with Crippen molar-refractivity contribution in [1.82, 2.24) is 10.2 Å². The molecule has 2 aromatic rings. The predicted molar refractivity (Wildman–Crippen MR) is 107 cm³/mol. The largest absolute Gasteiger partial charge is 0.496 e. The molecule has 8 heteroatoms. The smallest absolute Gasteiger partial charge is 0.389 e. The zero-order chi connectivity index (χ0) is 17.9. The summed E-state index contributed by atoms with van der Waals surface area (Å²) in [4.78, 5) is 2.16. The molecule has 0 unspecified atom stereocenters. The van der Waals surface area contributed by atoms with Gasteiger partial charge in [0.1, 0.15) is 5.75 Å². The molecular weight excluding hydrogens is 400 g/mol. The van der Waals surface area contributed by atoms with Gasteiger partial charge in [0.2, 0.25) is 0 Å². The van der Waals surface area contributed by atoms with E-state index in [9.17, 15) is 13.2 Å². The molecule has 0 aromatic heterocycles. The van der Waals surface area contributed by atoms with Gasteiger partial charge in [0.05, 0.1) is 7.11 Å². The molecule has 1 N–H and O–H groups in total. The fourth-order valence-corrected chi connectivity index (χ4v) is 3.59. The van der Waals surface area contributed by atoms with Crippen molar-refractivity contribution in [3.8, 4) is 5.75 Å². The molecular formula is C19H25Cl2F3N2O. The standard InChI is InChI=1S/C19H23F3N2O.2ClH/c1-25-18-7-6-15(14-4-2-3-5-16(14)18)17(8-9-19(20,21)22)24-12-10-23-11-13-24;;/h2-7,17,23H,8-13H2,1H3;2*1H/t17-;;/m0../s1. The van der Waals surface area contributed by atoms with Crippen LogP contribution in [0.1, 0.15) is 24.4 Å². The van der Waals surface area contributed by atoms with Crippen LogP contribution in [0.3, 0.4) is 0 Å². The van der Waals surface area contributed by atoms with Gasteiger partial charge in [0.25, 0.3) is 0 Å². The van der Waals surface area contributed by atoms with Crippen LogP contribution >= 0.6 is 24.8 Å². The summed E-state index contributed by atoms with van der Waals surface area (Å²) in [6.07, 6.45) is -4.85. The van der Waals surface area contributed by atoms with Gasteiger partial charge in [-0.05, 0) is 23.4 Å². The van der Waals surface area contributed by atoms with Crippen LogP contribution < -0.4 is 10.1 Å². The molecule has 2 aromatic carbocycles. The SMILES string of the molecule is COc1ccc([C@H](CCC(F)(F)F)N2CCNCC2)c2ccccc12.Cl.Cl.